The Kier molecular flexibility index (Phi) is 3.46. The van der Waals surface area contributed by atoms with Crippen molar-refractivity contribution in [3.8, 4) is 0 Å². The topological polar surface area (TPSA) is 45.6 Å². The van der Waals surface area contributed by atoms with Crippen LogP contribution in [-0.4, -0.2) is 4.98 Å². The van der Waals surface area contributed by atoms with Crippen molar-refractivity contribution in [3.63, 3.8) is 0 Å². The molecule has 0 radical (unpaired) electrons. The number of nitrogens with zero attached hydrogens (tertiary/aromatic N) is 3. The molecule has 2 rings (SSSR count). The van der Waals surface area contributed by atoms with Gasteiger partial charge in [0.1, 0.15) is 0 Å². The van der Waals surface area contributed by atoms with E-state index in [0.717, 1.165) is 17.1 Å². The van der Waals surface area contributed by atoms with Crippen LogP contribution in [0, 0.1) is 4.91 Å². The number of alkyl halides is 3. The molecular weight excluding hydrogens is 259 g/mol. The van der Waals surface area contributed by atoms with E-state index in [1.165, 1.54) is 24.4 Å². The van der Waals surface area contributed by atoms with Crippen LogP contribution in [0.25, 0.3) is 0 Å². The largest absolute Gasteiger partial charge is 0.416 e. The van der Waals surface area contributed by atoms with Crippen molar-refractivity contribution < 1.29 is 13.2 Å². The van der Waals surface area contributed by atoms with Gasteiger partial charge in [0.2, 0.25) is 0 Å². The second-order valence-electron chi connectivity index (χ2n) is 3.63. The monoisotopic (exact) mass is 267 g/mol. The van der Waals surface area contributed by atoms with Gasteiger partial charge >= 0.3 is 6.18 Å². The molecule has 1 aromatic heterocycles. The Morgan fingerprint density at radius 3 is 2.47 bits per heavy atom. The van der Waals surface area contributed by atoms with Crippen LogP contribution in [0.2, 0.25) is 0 Å². The molecule has 0 aliphatic rings. The normalized spacial score (nSPS) is 11.1. The molecule has 2 aromatic rings. The van der Waals surface area contributed by atoms with Crippen LogP contribution in [0.3, 0.4) is 0 Å². The zero-order valence-corrected chi connectivity index (χ0v) is 9.50. The number of hydrogen-bond donors (Lipinski definition) is 0. The number of pyridine rings is 1. The second-order valence-corrected chi connectivity index (χ2v) is 3.63. The van der Waals surface area contributed by atoms with Crippen molar-refractivity contribution in [2.45, 2.75) is 6.18 Å². The molecule has 0 bridgehead atoms. The fourth-order valence-electron chi connectivity index (χ4n) is 1.51. The van der Waals surface area contributed by atoms with Crippen LogP contribution in [0.15, 0.2) is 53.9 Å². The summed E-state index contributed by atoms with van der Waals surface area (Å²) in [5.41, 5.74) is -0.849. The van der Waals surface area contributed by atoms with E-state index in [2.05, 4.69) is 10.3 Å². The molecule has 1 heterocycles. The van der Waals surface area contributed by atoms with Gasteiger partial charge in [0.25, 0.3) is 0 Å². The Bertz CT molecular complexity index is 572. The fraction of sp³-hybridized carbons (Fsp3) is 0.0833. The van der Waals surface area contributed by atoms with E-state index >= 15 is 0 Å². The van der Waals surface area contributed by atoms with E-state index in [1.54, 1.807) is 12.1 Å². The van der Waals surface area contributed by atoms with Crippen LogP contribution in [0.4, 0.5) is 24.7 Å². The van der Waals surface area contributed by atoms with Crippen molar-refractivity contribution in [1.82, 2.24) is 4.98 Å². The van der Waals surface area contributed by atoms with Crippen LogP contribution < -0.4 is 5.01 Å². The van der Waals surface area contributed by atoms with Crippen molar-refractivity contribution in [3.05, 3.63) is 59.1 Å². The maximum absolute atomic E-state index is 12.6. The first kappa shape index (κ1) is 13.0. The predicted octanol–water partition coefficient (Wildman–Crippen LogP) is 3.92. The molecular formula is C12H8F3N3O. The Hall–Kier alpha value is -2.44. The van der Waals surface area contributed by atoms with Crippen molar-refractivity contribution in [2.75, 3.05) is 5.01 Å². The van der Waals surface area contributed by atoms with Crippen LogP contribution in [-0.2, 0) is 6.18 Å². The highest BCUT2D eigenvalue weighted by Crippen LogP contribution is 2.33. The number of halogens is 3. The van der Waals surface area contributed by atoms with Gasteiger partial charge in [0.15, 0.2) is 5.82 Å². The highest BCUT2D eigenvalue weighted by atomic mass is 19.4. The SMILES string of the molecule is O=NN(c1cccc(C(F)(F)F)c1)c1ccccn1. The second kappa shape index (κ2) is 5.05. The average molecular weight is 267 g/mol. The fourth-order valence-corrected chi connectivity index (χ4v) is 1.51. The van der Waals surface area contributed by atoms with E-state index in [9.17, 15) is 18.1 Å². The van der Waals surface area contributed by atoms with Gasteiger partial charge in [-0.3, -0.25) is 0 Å². The van der Waals surface area contributed by atoms with E-state index < -0.39 is 11.7 Å². The van der Waals surface area contributed by atoms with E-state index in [4.69, 9.17) is 0 Å². The minimum Gasteiger partial charge on any atom is -0.237 e. The molecule has 0 atom stereocenters. The molecule has 0 aliphatic heterocycles. The van der Waals surface area contributed by atoms with Crippen LogP contribution in [0.5, 0.6) is 0 Å². The Morgan fingerprint density at radius 2 is 1.89 bits per heavy atom. The molecule has 0 amide bonds. The summed E-state index contributed by atoms with van der Waals surface area (Å²) in [5, 5.41) is 3.51. The lowest BCUT2D eigenvalue weighted by Gasteiger charge is -2.15. The third-order valence-electron chi connectivity index (χ3n) is 2.37. The van der Waals surface area contributed by atoms with E-state index in [1.807, 2.05) is 0 Å². The van der Waals surface area contributed by atoms with Gasteiger partial charge in [-0.25, -0.2) is 4.98 Å². The summed E-state index contributed by atoms with van der Waals surface area (Å²) in [4.78, 5) is 14.7. The predicted molar refractivity (Wildman–Crippen MR) is 63.6 cm³/mol. The third-order valence-corrected chi connectivity index (χ3v) is 2.37. The average Bonchev–Trinajstić information content (AvgIpc) is 2.40. The summed E-state index contributed by atoms with van der Waals surface area (Å²) < 4.78 is 37.8. The van der Waals surface area contributed by atoms with E-state index in [-0.39, 0.29) is 11.5 Å². The Morgan fingerprint density at radius 1 is 1.11 bits per heavy atom. The van der Waals surface area contributed by atoms with Crippen molar-refractivity contribution >= 4 is 11.5 Å². The maximum Gasteiger partial charge on any atom is 0.416 e. The zero-order chi connectivity index (χ0) is 13.9. The van der Waals surface area contributed by atoms with Gasteiger partial charge in [0, 0.05) is 6.20 Å². The van der Waals surface area contributed by atoms with Gasteiger partial charge in [0.05, 0.1) is 16.5 Å². The molecule has 19 heavy (non-hydrogen) atoms. The molecule has 0 spiro atoms. The molecule has 1 aromatic carbocycles. The maximum atomic E-state index is 12.6. The van der Waals surface area contributed by atoms with Crippen LogP contribution >= 0.6 is 0 Å². The molecule has 0 saturated carbocycles. The number of benzene rings is 1. The molecule has 0 aliphatic carbocycles. The van der Waals surface area contributed by atoms with Gasteiger partial charge in [-0.2, -0.15) is 18.2 Å². The molecule has 0 unspecified atom stereocenters. The molecule has 0 N–H and O–H groups in total. The molecule has 98 valence electrons. The van der Waals surface area contributed by atoms with Crippen LogP contribution in [0.1, 0.15) is 5.56 Å². The van der Waals surface area contributed by atoms with Gasteiger partial charge in [-0.15, -0.1) is 4.91 Å². The summed E-state index contributed by atoms with van der Waals surface area (Å²) in [6.45, 7) is 0. The van der Waals surface area contributed by atoms with Crippen molar-refractivity contribution in [1.29, 1.82) is 0 Å². The first-order valence-electron chi connectivity index (χ1n) is 5.24. The molecule has 0 fully saturated rings. The molecule has 0 saturated heterocycles. The molecule has 7 heteroatoms. The minimum atomic E-state index is -4.48. The summed E-state index contributed by atoms with van der Waals surface area (Å²) in [6.07, 6.45) is -3.06. The highest BCUT2D eigenvalue weighted by Gasteiger charge is 2.31. The smallest absolute Gasteiger partial charge is 0.237 e. The highest BCUT2D eigenvalue weighted by molar-refractivity contribution is 5.59. The minimum absolute atomic E-state index is 0.00326. The molecule has 4 nitrogen and oxygen atoms in total. The number of anilines is 2. The lowest BCUT2D eigenvalue weighted by molar-refractivity contribution is -0.137. The quantitative estimate of drug-likeness (QED) is 0.625. The first-order chi connectivity index (χ1) is 9.02. The van der Waals surface area contributed by atoms with E-state index in [0.29, 0.717) is 0 Å². The lowest BCUT2D eigenvalue weighted by Crippen LogP contribution is -2.11. The van der Waals surface area contributed by atoms with Gasteiger partial charge in [-0.1, -0.05) is 12.1 Å². The summed E-state index contributed by atoms with van der Waals surface area (Å²) in [7, 11) is 0. The van der Waals surface area contributed by atoms with Gasteiger partial charge < -0.3 is 0 Å². The number of rotatable bonds is 3. The lowest BCUT2D eigenvalue weighted by atomic mass is 10.2. The summed E-state index contributed by atoms with van der Waals surface area (Å²) >= 11 is 0. The van der Waals surface area contributed by atoms with Gasteiger partial charge in [-0.05, 0) is 30.3 Å². The summed E-state index contributed by atoms with van der Waals surface area (Å²) in [6, 6.07) is 9.03. The zero-order valence-electron chi connectivity index (χ0n) is 9.50. The number of hydrogen-bond acceptors (Lipinski definition) is 3. The Labute approximate surface area is 106 Å². The number of aromatic nitrogens is 1. The Balaban J connectivity index is 2.43. The third kappa shape index (κ3) is 2.87. The number of nitroso groups, excluding NO2 is 1. The summed E-state index contributed by atoms with van der Waals surface area (Å²) in [5.74, 6) is 0.150. The standard InChI is InChI=1S/C12H8F3N3O/c13-12(14,15)9-4-3-5-10(8-9)18(17-19)11-6-1-2-7-16-11/h1-8H. The first-order valence-corrected chi connectivity index (χ1v) is 5.24. The van der Waals surface area contributed by atoms with Crippen molar-refractivity contribution in [2.24, 2.45) is 5.29 Å².